The summed E-state index contributed by atoms with van der Waals surface area (Å²) in [6, 6.07) is 0. The van der Waals surface area contributed by atoms with Crippen molar-refractivity contribution in [2.24, 2.45) is 0 Å². The predicted molar refractivity (Wildman–Crippen MR) is 109 cm³/mol. The molecule has 0 aliphatic rings. The molecule has 0 aliphatic carbocycles. The van der Waals surface area contributed by atoms with Gasteiger partial charge in [0.2, 0.25) is 0 Å². The average molecular weight is 1020 g/mol. The molecule has 0 radical (unpaired) electrons. The van der Waals surface area contributed by atoms with E-state index in [1.807, 2.05) is 0 Å². The van der Waals surface area contributed by atoms with E-state index in [1.54, 1.807) is 0 Å². The van der Waals surface area contributed by atoms with E-state index in [0.29, 0.717) is 0 Å². The van der Waals surface area contributed by atoms with Gasteiger partial charge >= 0.3 is 107 Å². The summed E-state index contributed by atoms with van der Waals surface area (Å²) in [5, 5.41) is -6.94. The van der Waals surface area contributed by atoms with Crippen LogP contribution in [0, 0.1) is 0 Å². The van der Waals surface area contributed by atoms with Crippen molar-refractivity contribution in [2.45, 2.75) is 107 Å². The molecule has 0 fully saturated rings. The first-order valence-electron chi connectivity index (χ1n) is 12.7. The molecule has 0 unspecified atom stereocenters. The molecule has 1 heterocycles. The lowest BCUT2D eigenvalue weighted by molar-refractivity contribution is -0.469. The lowest BCUT2D eigenvalue weighted by Gasteiger charge is -2.43. The Balaban J connectivity index is 3.98. The molecule has 0 spiro atoms. The van der Waals surface area contributed by atoms with Gasteiger partial charge in [-0.25, -0.2) is 0 Å². The van der Waals surface area contributed by atoms with Crippen LogP contribution in [0.5, 0.6) is 0 Å². The van der Waals surface area contributed by atoms with Gasteiger partial charge < -0.3 is 0 Å². The summed E-state index contributed by atoms with van der Waals surface area (Å²) in [4.78, 5) is 0. The topological polar surface area (TPSA) is 25.8 Å². The van der Waals surface area contributed by atoms with Gasteiger partial charge in [-0.1, -0.05) is 11.3 Å². The van der Waals surface area contributed by atoms with Gasteiger partial charge in [0.25, 0.3) is 0 Å². The Morgan fingerprint density at radius 1 is 0.197 bits per heavy atom. The summed E-state index contributed by atoms with van der Waals surface area (Å²) in [6.07, 6.45) is -16.6. The molecule has 1 rings (SSSR count). The van der Waals surface area contributed by atoms with E-state index >= 15 is 0 Å². The molecule has 0 saturated heterocycles. The molecule has 0 atom stereocenters. The number of nitrogens with zero attached hydrogens (tertiary/aromatic N) is 2. The smallest absolute Gasteiger partial charge is 0.192 e. The average Bonchev–Trinajstić information content (AvgIpc) is 3.54. The number of alkyl halides is 38. The lowest BCUT2D eigenvalue weighted by Crippen LogP contribution is -2.75. The van der Waals surface area contributed by atoms with Crippen molar-refractivity contribution in [3.63, 3.8) is 0 Å². The van der Waals surface area contributed by atoms with E-state index in [-0.39, 0.29) is 0 Å². The zero-order valence-electron chi connectivity index (χ0n) is 25.7. The van der Waals surface area contributed by atoms with Crippen LogP contribution in [0.25, 0.3) is 0 Å². The fraction of sp³-hybridized carbons (Fsp3) is 0.900. The van der Waals surface area contributed by atoms with Crippen LogP contribution in [0.2, 0.25) is 0 Å². The second-order valence-corrected chi connectivity index (χ2v) is 12.1. The van der Waals surface area contributed by atoms with Crippen molar-refractivity contribution < 1.29 is 167 Å². The normalized spacial score (nSPS) is 17.0. The summed E-state index contributed by atoms with van der Waals surface area (Å²) in [7, 11) is 0. The molecule has 0 bridgehead atoms. The highest BCUT2D eigenvalue weighted by molar-refractivity contribution is 7.11. The summed E-state index contributed by atoms with van der Waals surface area (Å²) < 4.78 is 512. The standard InChI is InChI=1S/C20F38N2S/c21-3(22,5(25,26)7(29,30)9(33,34)11(37,38)13(41,42)15(45,46)17(49,50)19(53,54)55)1-59-60-2(61-1)4(23,24)6(27,28)8(31,32)10(35,36)12(39,40)14(43,44)16(47,48)18(51,52)20(56,57)58. The molecule has 1 aromatic heterocycles. The van der Waals surface area contributed by atoms with Crippen LogP contribution < -0.4 is 0 Å². The summed E-state index contributed by atoms with van der Waals surface area (Å²) in [5.41, 5.74) is 0. The molecule has 2 nitrogen and oxygen atoms in total. The Morgan fingerprint density at radius 3 is 0.475 bits per heavy atom. The van der Waals surface area contributed by atoms with Gasteiger partial charge in [-0.3, -0.25) is 0 Å². The number of aromatic nitrogens is 2. The van der Waals surface area contributed by atoms with Crippen LogP contribution in [-0.4, -0.2) is 105 Å². The second kappa shape index (κ2) is 13.7. The van der Waals surface area contributed by atoms with Crippen molar-refractivity contribution >= 4 is 11.3 Å². The zero-order valence-corrected chi connectivity index (χ0v) is 26.5. The van der Waals surface area contributed by atoms with Crippen molar-refractivity contribution in [2.75, 3.05) is 0 Å². The summed E-state index contributed by atoms with van der Waals surface area (Å²) in [6.45, 7) is 0. The maximum atomic E-state index is 14.3. The highest BCUT2D eigenvalue weighted by Gasteiger charge is 2.99. The van der Waals surface area contributed by atoms with Gasteiger partial charge in [0, 0.05) is 0 Å². The fourth-order valence-electron chi connectivity index (χ4n) is 3.47. The highest BCUT2D eigenvalue weighted by Crippen LogP contribution is 2.69. The Hall–Kier alpha value is -3.10. The second-order valence-electron chi connectivity index (χ2n) is 11.1. The van der Waals surface area contributed by atoms with Crippen molar-refractivity contribution in [3.8, 4) is 0 Å². The molecule has 0 saturated carbocycles. The van der Waals surface area contributed by atoms with Gasteiger partial charge in [-0.05, 0) is 0 Å². The first kappa shape index (κ1) is 55.9. The third-order valence-corrected chi connectivity index (χ3v) is 8.26. The molecule has 362 valence electrons. The molecule has 41 heteroatoms. The first-order chi connectivity index (χ1) is 25.7. The summed E-state index contributed by atoms with van der Waals surface area (Å²) >= 11 is -3.10. The largest absolute Gasteiger partial charge is 0.460 e. The van der Waals surface area contributed by atoms with Gasteiger partial charge in [-0.2, -0.15) is 167 Å². The van der Waals surface area contributed by atoms with Crippen molar-refractivity contribution in [1.29, 1.82) is 0 Å². The Kier molecular flexibility index (Phi) is 12.6. The van der Waals surface area contributed by atoms with Crippen LogP contribution in [-0.2, 0) is 11.8 Å². The van der Waals surface area contributed by atoms with Gasteiger partial charge in [-0.15, -0.1) is 10.2 Å². The van der Waals surface area contributed by atoms with Gasteiger partial charge in [0.05, 0.1) is 0 Å². The third kappa shape index (κ3) is 6.54. The fourth-order valence-corrected chi connectivity index (χ4v) is 4.33. The molecular weight excluding hydrogens is 1020 g/mol. The molecular formula is C20F38N2S. The van der Waals surface area contributed by atoms with Crippen LogP contribution in [0.3, 0.4) is 0 Å². The number of hydrogen-bond donors (Lipinski definition) is 0. The Bertz CT molecular complexity index is 1630. The SMILES string of the molecule is FC(F)(F)C(F)(F)C(F)(F)C(F)(F)C(F)(F)C(F)(F)C(F)(F)C(F)(F)C(F)(F)c1nnc(C(F)(F)C(F)(F)C(F)(F)C(F)(F)C(F)(F)C(F)(F)C(F)(F)C(F)(F)C(F)(F)F)s1. The van der Waals surface area contributed by atoms with Gasteiger partial charge in [0.15, 0.2) is 10.0 Å². The zero-order chi connectivity index (χ0) is 50.3. The van der Waals surface area contributed by atoms with Crippen LogP contribution in [0.4, 0.5) is 167 Å². The molecule has 61 heavy (non-hydrogen) atoms. The van der Waals surface area contributed by atoms with E-state index in [2.05, 4.69) is 0 Å². The third-order valence-electron chi connectivity index (χ3n) is 7.19. The van der Waals surface area contributed by atoms with Crippen molar-refractivity contribution in [3.05, 3.63) is 10.0 Å². The van der Waals surface area contributed by atoms with Crippen molar-refractivity contribution in [1.82, 2.24) is 10.2 Å². The van der Waals surface area contributed by atoms with Crippen LogP contribution in [0.1, 0.15) is 10.0 Å². The molecule has 0 amide bonds. The van der Waals surface area contributed by atoms with E-state index in [9.17, 15) is 167 Å². The van der Waals surface area contributed by atoms with Crippen LogP contribution >= 0.6 is 11.3 Å². The predicted octanol–water partition coefficient (Wildman–Crippen LogP) is 12.7. The minimum atomic E-state index is -9.65. The lowest BCUT2D eigenvalue weighted by atomic mass is 9.87. The number of rotatable bonds is 16. The molecule has 0 aromatic carbocycles. The van der Waals surface area contributed by atoms with E-state index in [0.717, 1.165) is 10.2 Å². The quantitative estimate of drug-likeness (QED) is 0.154. The minimum Gasteiger partial charge on any atom is -0.192 e. The Morgan fingerprint density at radius 2 is 0.328 bits per heavy atom. The Labute approximate surface area is 306 Å². The molecule has 1 aromatic rings. The summed E-state index contributed by atoms with van der Waals surface area (Å²) in [5.74, 6) is -147. The maximum Gasteiger partial charge on any atom is 0.460 e. The van der Waals surface area contributed by atoms with E-state index in [1.165, 1.54) is 0 Å². The molecule has 0 aliphatic heterocycles. The van der Waals surface area contributed by atoms with E-state index < -0.39 is 128 Å². The van der Waals surface area contributed by atoms with Crippen LogP contribution in [0.15, 0.2) is 0 Å². The number of hydrogen-bond acceptors (Lipinski definition) is 3. The first-order valence-corrected chi connectivity index (χ1v) is 13.6. The minimum absolute atomic E-state index is 0.931. The van der Waals surface area contributed by atoms with E-state index in [4.69, 9.17) is 0 Å². The highest BCUT2D eigenvalue weighted by atomic mass is 32.1. The number of halogens is 38. The molecule has 0 N–H and O–H groups in total. The monoisotopic (exact) mass is 1020 g/mol. The maximum absolute atomic E-state index is 14.3. The van der Waals surface area contributed by atoms with Gasteiger partial charge in [0.1, 0.15) is 0 Å².